The van der Waals surface area contributed by atoms with Crippen molar-refractivity contribution in [1.29, 1.82) is 0 Å². The van der Waals surface area contributed by atoms with Crippen LogP contribution in [0.3, 0.4) is 0 Å². The van der Waals surface area contributed by atoms with E-state index in [1.54, 1.807) is 6.07 Å². The molecule has 0 unspecified atom stereocenters. The summed E-state index contributed by atoms with van der Waals surface area (Å²) in [7, 11) is 0. The Labute approximate surface area is 131 Å². The second kappa shape index (κ2) is 5.93. The molecule has 0 amide bonds. The molecule has 0 atom stereocenters. The van der Waals surface area contributed by atoms with Crippen molar-refractivity contribution in [2.24, 2.45) is 5.73 Å². The van der Waals surface area contributed by atoms with Crippen LogP contribution in [0.2, 0.25) is 5.02 Å². The second-order valence-electron chi connectivity index (χ2n) is 4.56. The van der Waals surface area contributed by atoms with Gasteiger partial charge in [0.05, 0.1) is 10.7 Å². The zero-order chi connectivity index (χ0) is 14.8. The molecule has 3 rings (SSSR count). The molecule has 0 spiro atoms. The number of benzene rings is 2. The minimum atomic E-state index is -0.350. The molecule has 0 saturated heterocycles. The molecule has 0 aliphatic heterocycles. The number of thiazole rings is 1. The molecule has 1 heterocycles. The molecular formula is C16H12ClFN2S. The third-order valence-electron chi connectivity index (χ3n) is 3.15. The summed E-state index contributed by atoms with van der Waals surface area (Å²) in [5.41, 5.74) is 9.19. The molecule has 0 bridgehead atoms. The molecule has 1 aromatic heterocycles. The smallest absolute Gasteiger partial charge is 0.124 e. The van der Waals surface area contributed by atoms with Crippen molar-refractivity contribution < 1.29 is 4.39 Å². The minimum absolute atomic E-state index is 0.350. The van der Waals surface area contributed by atoms with E-state index in [1.807, 2.05) is 29.6 Å². The Balaban J connectivity index is 1.95. The van der Waals surface area contributed by atoms with E-state index >= 15 is 0 Å². The van der Waals surface area contributed by atoms with Gasteiger partial charge in [-0.05, 0) is 23.8 Å². The molecule has 106 valence electrons. The van der Waals surface area contributed by atoms with Crippen LogP contribution in [-0.4, -0.2) is 4.98 Å². The first-order valence-electron chi connectivity index (χ1n) is 6.37. The van der Waals surface area contributed by atoms with Crippen molar-refractivity contribution in [3.05, 3.63) is 64.2 Å². The fourth-order valence-corrected chi connectivity index (χ4v) is 3.10. The zero-order valence-electron chi connectivity index (χ0n) is 11.0. The molecule has 21 heavy (non-hydrogen) atoms. The van der Waals surface area contributed by atoms with Crippen LogP contribution >= 0.6 is 22.9 Å². The molecule has 0 aliphatic rings. The van der Waals surface area contributed by atoms with Crippen LogP contribution in [0, 0.1) is 5.82 Å². The molecule has 2 N–H and O–H groups in total. The average Bonchev–Trinajstić information content (AvgIpc) is 2.97. The summed E-state index contributed by atoms with van der Waals surface area (Å²) >= 11 is 7.60. The third kappa shape index (κ3) is 2.97. The predicted octanol–water partition coefficient (Wildman–Crippen LogP) is 4.73. The zero-order valence-corrected chi connectivity index (χ0v) is 12.6. The van der Waals surface area contributed by atoms with E-state index in [2.05, 4.69) is 4.98 Å². The van der Waals surface area contributed by atoms with Gasteiger partial charge in [-0.2, -0.15) is 0 Å². The summed E-state index contributed by atoms with van der Waals surface area (Å²) in [6, 6.07) is 12.3. The highest BCUT2D eigenvalue weighted by molar-refractivity contribution is 7.13. The van der Waals surface area contributed by atoms with Gasteiger partial charge in [0.1, 0.15) is 10.8 Å². The monoisotopic (exact) mass is 318 g/mol. The largest absolute Gasteiger partial charge is 0.326 e. The van der Waals surface area contributed by atoms with Gasteiger partial charge in [0.15, 0.2) is 0 Å². The Morgan fingerprint density at radius 1 is 1.14 bits per heavy atom. The average molecular weight is 319 g/mol. The fourth-order valence-electron chi connectivity index (χ4n) is 2.01. The topological polar surface area (TPSA) is 38.9 Å². The minimum Gasteiger partial charge on any atom is -0.326 e. The standard InChI is InChI=1S/C16H12ClFN2S/c17-14-7-12(18)5-6-13(14)15-9-21-16(20-15)11-3-1-10(8-19)2-4-11/h1-7,9H,8,19H2. The first-order chi connectivity index (χ1) is 10.2. The van der Waals surface area contributed by atoms with Gasteiger partial charge in [0, 0.05) is 23.1 Å². The Kier molecular flexibility index (Phi) is 4.01. The van der Waals surface area contributed by atoms with E-state index in [0.29, 0.717) is 11.6 Å². The van der Waals surface area contributed by atoms with Crippen molar-refractivity contribution in [2.75, 3.05) is 0 Å². The van der Waals surface area contributed by atoms with Crippen molar-refractivity contribution in [2.45, 2.75) is 6.54 Å². The number of nitrogens with two attached hydrogens (primary N) is 1. The molecule has 2 nitrogen and oxygen atoms in total. The summed E-state index contributed by atoms with van der Waals surface area (Å²) in [6.07, 6.45) is 0. The summed E-state index contributed by atoms with van der Waals surface area (Å²) < 4.78 is 13.1. The lowest BCUT2D eigenvalue weighted by Crippen LogP contribution is -1.95. The number of aromatic nitrogens is 1. The summed E-state index contributed by atoms with van der Waals surface area (Å²) in [5, 5.41) is 3.19. The second-order valence-corrected chi connectivity index (χ2v) is 5.83. The first kappa shape index (κ1) is 14.2. The van der Waals surface area contributed by atoms with Gasteiger partial charge in [-0.3, -0.25) is 0 Å². The molecule has 5 heteroatoms. The Hall–Kier alpha value is -1.75. The fraction of sp³-hybridized carbons (Fsp3) is 0.0625. The molecule has 0 aliphatic carbocycles. The maximum Gasteiger partial charge on any atom is 0.124 e. The first-order valence-corrected chi connectivity index (χ1v) is 7.63. The quantitative estimate of drug-likeness (QED) is 0.758. The van der Waals surface area contributed by atoms with Crippen molar-refractivity contribution in [3.63, 3.8) is 0 Å². The van der Waals surface area contributed by atoms with E-state index in [0.717, 1.165) is 27.4 Å². The van der Waals surface area contributed by atoms with Crippen LogP contribution in [0.25, 0.3) is 21.8 Å². The van der Waals surface area contributed by atoms with Crippen molar-refractivity contribution in [3.8, 4) is 21.8 Å². The van der Waals surface area contributed by atoms with Gasteiger partial charge >= 0.3 is 0 Å². The van der Waals surface area contributed by atoms with E-state index in [4.69, 9.17) is 17.3 Å². The van der Waals surface area contributed by atoms with Gasteiger partial charge in [-0.15, -0.1) is 11.3 Å². The number of rotatable bonds is 3. The highest BCUT2D eigenvalue weighted by Gasteiger charge is 2.10. The highest BCUT2D eigenvalue weighted by Crippen LogP contribution is 2.32. The summed E-state index contributed by atoms with van der Waals surface area (Å²) in [6.45, 7) is 0.522. The maximum atomic E-state index is 13.1. The van der Waals surface area contributed by atoms with Gasteiger partial charge in [0.25, 0.3) is 0 Å². The SMILES string of the molecule is NCc1ccc(-c2nc(-c3ccc(F)cc3Cl)cs2)cc1. The van der Waals surface area contributed by atoms with E-state index in [9.17, 15) is 4.39 Å². The maximum absolute atomic E-state index is 13.1. The van der Waals surface area contributed by atoms with Gasteiger partial charge in [-0.1, -0.05) is 35.9 Å². The van der Waals surface area contributed by atoms with E-state index in [-0.39, 0.29) is 5.82 Å². The number of hydrogen-bond donors (Lipinski definition) is 1. The predicted molar refractivity (Wildman–Crippen MR) is 85.8 cm³/mol. The number of nitrogens with zero attached hydrogens (tertiary/aromatic N) is 1. The van der Waals surface area contributed by atoms with Crippen LogP contribution in [0.4, 0.5) is 4.39 Å². The van der Waals surface area contributed by atoms with Crippen LogP contribution in [-0.2, 0) is 6.54 Å². The molecule has 0 fully saturated rings. The Morgan fingerprint density at radius 2 is 1.90 bits per heavy atom. The number of hydrogen-bond acceptors (Lipinski definition) is 3. The lowest BCUT2D eigenvalue weighted by atomic mass is 10.1. The summed E-state index contributed by atoms with van der Waals surface area (Å²) in [5.74, 6) is -0.350. The molecule has 0 radical (unpaired) electrons. The van der Waals surface area contributed by atoms with Crippen LogP contribution in [0.15, 0.2) is 47.8 Å². The molecule has 2 aromatic carbocycles. The van der Waals surface area contributed by atoms with Gasteiger partial charge in [-0.25, -0.2) is 9.37 Å². The molecule has 3 aromatic rings. The summed E-state index contributed by atoms with van der Waals surface area (Å²) in [4.78, 5) is 4.58. The van der Waals surface area contributed by atoms with Crippen LogP contribution in [0.1, 0.15) is 5.56 Å². The normalized spacial score (nSPS) is 10.8. The van der Waals surface area contributed by atoms with Crippen LogP contribution in [0.5, 0.6) is 0 Å². The number of halogens is 2. The Morgan fingerprint density at radius 3 is 2.57 bits per heavy atom. The lowest BCUT2D eigenvalue weighted by Gasteiger charge is -2.01. The van der Waals surface area contributed by atoms with Gasteiger partial charge in [0.2, 0.25) is 0 Å². The van der Waals surface area contributed by atoms with E-state index in [1.165, 1.54) is 23.5 Å². The van der Waals surface area contributed by atoms with E-state index < -0.39 is 0 Å². The van der Waals surface area contributed by atoms with Crippen molar-refractivity contribution >= 4 is 22.9 Å². The van der Waals surface area contributed by atoms with Crippen LogP contribution < -0.4 is 5.73 Å². The molecular weight excluding hydrogens is 307 g/mol. The third-order valence-corrected chi connectivity index (χ3v) is 4.35. The van der Waals surface area contributed by atoms with Gasteiger partial charge < -0.3 is 5.73 Å². The highest BCUT2D eigenvalue weighted by atomic mass is 35.5. The lowest BCUT2D eigenvalue weighted by molar-refractivity contribution is 0.628. The Bertz CT molecular complexity index is 768. The molecule has 0 saturated carbocycles. The van der Waals surface area contributed by atoms with Crippen molar-refractivity contribution in [1.82, 2.24) is 4.98 Å².